The van der Waals surface area contributed by atoms with Gasteiger partial charge in [0.25, 0.3) is 0 Å². The molecule has 0 N–H and O–H groups in total. The van der Waals surface area contributed by atoms with E-state index in [-0.39, 0.29) is 0 Å². The molecule has 3 aromatic heterocycles. The molecule has 0 amide bonds. The van der Waals surface area contributed by atoms with Gasteiger partial charge in [0.2, 0.25) is 11.8 Å². The van der Waals surface area contributed by atoms with Gasteiger partial charge in [-0.3, -0.25) is 0 Å². The number of hydrogen-bond donors (Lipinski definition) is 0. The van der Waals surface area contributed by atoms with Crippen molar-refractivity contribution in [2.75, 3.05) is 0 Å². The van der Waals surface area contributed by atoms with Crippen molar-refractivity contribution in [3.8, 4) is 62.0 Å². The molecular weight excluding hydrogens is 723 g/mol. The monoisotopic (exact) mass is 755 g/mol. The highest BCUT2D eigenvalue weighted by atomic mass is 16.4. The van der Waals surface area contributed by atoms with Crippen LogP contribution in [0, 0.1) is 0 Å². The Balaban J connectivity index is 1.00. The van der Waals surface area contributed by atoms with E-state index in [0.717, 1.165) is 88.6 Å². The molecule has 0 spiro atoms. The number of benzene rings is 9. The second-order valence-electron chi connectivity index (χ2n) is 15.0. The first-order chi connectivity index (χ1) is 29.2. The first kappa shape index (κ1) is 33.2. The molecule has 12 aromatic rings. The Morgan fingerprint density at radius 1 is 0.322 bits per heavy atom. The Labute approximate surface area is 339 Å². The Morgan fingerprint density at radius 2 is 0.763 bits per heavy atom. The summed E-state index contributed by atoms with van der Waals surface area (Å²) in [5.41, 5.74) is 14.9. The Morgan fingerprint density at radius 3 is 1.32 bits per heavy atom. The van der Waals surface area contributed by atoms with Crippen LogP contribution >= 0.6 is 0 Å². The van der Waals surface area contributed by atoms with Gasteiger partial charge in [0, 0.05) is 27.6 Å². The van der Waals surface area contributed by atoms with E-state index >= 15 is 0 Å². The Hall–Kier alpha value is -8.02. The Bertz CT molecular complexity index is 3370. The maximum atomic E-state index is 6.41. The third-order valence-electron chi connectivity index (χ3n) is 11.5. The van der Waals surface area contributed by atoms with Crippen LogP contribution in [0.1, 0.15) is 0 Å². The largest absolute Gasteiger partial charge is 0.436 e. The van der Waals surface area contributed by atoms with Gasteiger partial charge in [0.05, 0.1) is 11.0 Å². The first-order valence-corrected chi connectivity index (χ1v) is 19.8. The molecule has 0 atom stereocenters. The fourth-order valence-electron chi connectivity index (χ4n) is 8.46. The topological polar surface area (TPSA) is 57.0 Å². The number of fused-ring (bicyclic) bond motifs is 6. The van der Waals surface area contributed by atoms with Gasteiger partial charge in [-0.2, -0.15) is 0 Å². The molecule has 0 saturated heterocycles. The molecule has 276 valence electrons. The van der Waals surface area contributed by atoms with E-state index in [2.05, 4.69) is 180 Å². The van der Waals surface area contributed by atoms with Crippen molar-refractivity contribution < 1.29 is 8.83 Å². The summed E-state index contributed by atoms with van der Waals surface area (Å²) in [4.78, 5) is 10.0. The van der Waals surface area contributed by atoms with Crippen LogP contribution in [-0.4, -0.2) is 14.5 Å². The second kappa shape index (κ2) is 13.3. The van der Waals surface area contributed by atoms with Crippen LogP contribution < -0.4 is 0 Å². The third kappa shape index (κ3) is 5.71. The number of hydrogen-bond acceptors (Lipinski definition) is 4. The molecule has 0 saturated carbocycles. The van der Waals surface area contributed by atoms with E-state index in [0.29, 0.717) is 11.8 Å². The zero-order chi connectivity index (χ0) is 38.9. The zero-order valence-electron chi connectivity index (χ0n) is 31.7. The predicted octanol–water partition coefficient (Wildman–Crippen LogP) is 14.6. The average molecular weight is 756 g/mol. The van der Waals surface area contributed by atoms with Gasteiger partial charge >= 0.3 is 0 Å². The van der Waals surface area contributed by atoms with Gasteiger partial charge < -0.3 is 13.4 Å². The van der Waals surface area contributed by atoms with Crippen LogP contribution in [0.15, 0.2) is 209 Å². The molecule has 0 unspecified atom stereocenters. The fourth-order valence-corrected chi connectivity index (χ4v) is 8.46. The van der Waals surface area contributed by atoms with Gasteiger partial charge in [-0.15, -0.1) is 0 Å². The molecule has 0 aliphatic carbocycles. The van der Waals surface area contributed by atoms with E-state index in [1.807, 2.05) is 24.3 Å². The molecule has 0 radical (unpaired) electrons. The second-order valence-corrected chi connectivity index (χ2v) is 15.0. The lowest BCUT2D eigenvalue weighted by atomic mass is 10.0. The number of oxazole rings is 2. The normalized spacial score (nSPS) is 11.7. The number of nitrogens with zero attached hydrogens (tertiary/aromatic N) is 3. The Kier molecular flexibility index (Phi) is 7.47. The maximum Gasteiger partial charge on any atom is 0.227 e. The SMILES string of the molecule is c1ccc(-c2ccc3oc(-c4ccc5c6ccc(-c7nc8cc(-c9ccccc9)ccc8o7)cc6n(-c6ccc(-c7ccc8ccccc8c7)cc6)c5c4)nc3c2)cc1. The van der Waals surface area contributed by atoms with E-state index < -0.39 is 0 Å². The van der Waals surface area contributed by atoms with E-state index in [1.54, 1.807) is 0 Å². The number of rotatable bonds is 6. The summed E-state index contributed by atoms with van der Waals surface area (Å²) in [7, 11) is 0. The predicted molar refractivity (Wildman–Crippen MR) is 241 cm³/mol. The summed E-state index contributed by atoms with van der Waals surface area (Å²) in [5.74, 6) is 1.16. The van der Waals surface area contributed by atoms with Crippen molar-refractivity contribution in [3.63, 3.8) is 0 Å². The van der Waals surface area contributed by atoms with E-state index in [1.165, 1.54) is 16.3 Å². The minimum Gasteiger partial charge on any atom is -0.436 e. The molecule has 5 heteroatoms. The minimum atomic E-state index is 0.581. The van der Waals surface area contributed by atoms with Crippen molar-refractivity contribution in [3.05, 3.63) is 200 Å². The number of aromatic nitrogens is 3. The minimum absolute atomic E-state index is 0.581. The summed E-state index contributed by atoms with van der Waals surface area (Å²) >= 11 is 0. The molecule has 59 heavy (non-hydrogen) atoms. The van der Waals surface area contributed by atoms with E-state index in [4.69, 9.17) is 18.8 Å². The average Bonchev–Trinajstić information content (AvgIpc) is 4.02. The van der Waals surface area contributed by atoms with Gasteiger partial charge in [-0.05, 0) is 111 Å². The smallest absolute Gasteiger partial charge is 0.227 e. The van der Waals surface area contributed by atoms with Crippen LogP contribution in [0.25, 0.3) is 117 Å². The van der Waals surface area contributed by atoms with Gasteiger partial charge in [0.15, 0.2) is 11.2 Å². The molecule has 3 heterocycles. The van der Waals surface area contributed by atoms with Gasteiger partial charge in [0.1, 0.15) is 11.0 Å². The molecule has 9 aromatic carbocycles. The first-order valence-electron chi connectivity index (χ1n) is 19.8. The lowest BCUT2D eigenvalue weighted by Gasteiger charge is -2.11. The van der Waals surface area contributed by atoms with Crippen molar-refractivity contribution in [1.29, 1.82) is 0 Å². The summed E-state index contributed by atoms with van der Waals surface area (Å²) in [6, 6.07) is 70.0. The van der Waals surface area contributed by atoms with Gasteiger partial charge in [-0.25, -0.2) is 9.97 Å². The standard InChI is InChI=1S/C54H33N3O2/c1-3-9-34(10-4-1)40-21-27-51-47(30-40)55-53(58-51)42-19-25-45-46-26-20-43(54-56-48-31-41(22-28-52(48)59-54)35-11-5-2-6-12-35)33-50(46)57(49(45)32-42)44-23-17-37(18-24-44)39-16-15-36-13-7-8-14-38(36)29-39/h1-33H. The van der Waals surface area contributed by atoms with E-state index in [9.17, 15) is 0 Å². The van der Waals surface area contributed by atoms with Crippen LogP contribution in [0.3, 0.4) is 0 Å². The van der Waals surface area contributed by atoms with Crippen LogP contribution in [0.5, 0.6) is 0 Å². The summed E-state index contributed by atoms with van der Waals surface area (Å²) < 4.78 is 15.1. The summed E-state index contributed by atoms with van der Waals surface area (Å²) in [6.45, 7) is 0. The van der Waals surface area contributed by atoms with Crippen molar-refractivity contribution >= 4 is 54.8 Å². The molecule has 12 rings (SSSR count). The highest BCUT2D eigenvalue weighted by Crippen LogP contribution is 2.39. The molecule has 0 aliphatic rings. The molecule has 0 fully saturated rings. The zero-order valence-corrected chi connectivity index (χ0v) is 31.7. The fraction of sp³-hybridized carbons (Fsp3) is 0. The lowest BCUT2D eigenvalue weighted by molar-refractivity contribution is 0.619. The summed E-state index contributed by atoms with van der Waals surface area (Å²) in [6.07, 6.45) is 0. The quantitative estimate of drug-likeness (QED) is 0.170. The molecule has 5 nitrogen and oxygen atoms in total. The maximum absolute atomic E-state index is 6.41. The van der Waals surface area contributed by atoms with Crippen molar-refractivity contribution in [2.45, 2.75) is 0 Å². The van der Waals surface area contributed by atoms with Crippen LogP contribution in [0.4, 0.5) is 0 Å². The van der Waals surface area contributed by atoms with Crippen molar-refractivity contribution in [1.82, 2.24) is 14.5 Å². The molecular formula is C54H33N3O2. The van der Waals surface area contributed by atoms with Crippen LogP contribution in [0.2, 0.25) is 0 Å². The molecule has 0 aliphatic heterocycles. The molecule has 0 bridgehead atoms. The van der Waals surface area contributed by atoms with Crippen molar-refractivity contribution in [2.24, 2.45) is 0 Å². The highest BCUT2D eigenvalue weighted by Gasteiger charge is 2.19. The lowest BCUT2D eigenvalue weighted by Crippen LogP contribution is -1.94. The van der Waals surface area contributed by atoms with Gasteiger partial charge in [-0.1, -0.05) is 133 Å². The highest BCUT2D eigenvalue weighted by molar-refractivity contribution is 6.11. The summed E-state index contributed by atoms with van der Waals surface area (Å²) in [5, 5.41) is 4.71. The third-order valence-corrected chi connectivity index (χ3v) is 11.5. The van der Waals surface area contributed by atoms with Crippen LogP contribution in [-0.2, 0) is 0 Å².